The average molecular weight is 169 g/mol. The van der Waals surface area contributed by atoms with Gasteiger partial charge >= 0.3 is 0 Å². The van der Waals surface area contributed by atoms with Crippen molar-refractivity contribution in [2.75, 3.05) is 12.4 Å². The molecule has 0 aromatic carbocycles. The summed E-state index contributed by atoms with van der Waals surface area (Å²) in [7, 11) is 0. The van der Waals surface area contributed by atoms with Crippen molar-refractivity contribution in [3.8, 4) is 5.75 Å². The second-order valence-corrected chi connectivity index (χ2v) is 2.61. The Labute approximate surface area is 72.0 Å². The van der Waals surface area contributed by atoms with E-state index >= 15 is 0 Å². The Kier molecular flexibility index (Phi) is 3.23. The van der Waals surface area contributed by atoms with E-state index in [1.54, 1.807) is 6.20 Å². The highest BCUT2D eigenvalue weighted by Crippen LogP contribution is 2.12. The molecule has 60 valence electrons. The molecule has 0 atom stereocenters. The second-order valence-electron chi connectivity index (χ2n) is 2.16. The minimum atomic E-state index is 0.635. The van der Waals surface area contributed by atoms with Crippen LogP contribution in [0.25, 0.3) is 0 Å². The summed E-state index contributed by atoms with van der Waals surface area (Å²) in [6.07, 6.45) is 1.75. The van der Waals surface area contributed by atoms with Crippen LogP contribution in [0.4, 0.5) is 0 Å². The number of hydrogen-bond acceptors (Lipinski definition) is 3. The molecular weight excluding hydrogens is 158 g/mol. The van der Waals surface area contributed by atoms with Crippen molar-refractivity contribution in [3.05, 3.63) is 24.0 Å². The van der Waals surface area contributed by atoms with Gasteiger partial charge < -0.3 is 4.74 Å². The molecule has 0 bridgehead atoms. The predicted octanol–water partition coefficient (Wildman–Crippen LogP) is 1.70. The SMILES string of the molecule is Cc1ncccc1OCCS. The summed E-state index contributed by atoms with van der Waals surface area (Å²) < 4.78 is 5.35. The Morgan fingerprint density at radius 2 is 2.45 bits per heavy atom. The Hall–Kier alpha value is -0.700. The van der Waals surface area contributed by atoms with E-state index < -0.39 is 0 Å². The molecule has 0 saturated heterocycles. The average Bonchev–Trinajstić information content (AvgIpc) is 2.03. The Morgan fingerprint density at radius 1 is 1.64 bits per heavy atom. The van der Waals surface area contributed by atoms with Gasteiger partial charge in [-0.3, -0.25) is 4.98 Å². The molecule has 11 heavy (non-hydrogen) atoms. The Bertz CT molecular complexity index is 227. The molecule has 1 aromatic rings. The first kappa shape index (κ1) is 8.40. The maximum atomic E-state index is 5.35. The maximum Gasteiger partial charge on any atom is 0.140 e. The summed E-state index contributed by atoms with van der Waals surface area (Å²) in [6.45, 7) is 2.56. The third-order valence-corrected chi connectivity index (χ3v) is 1.49. The Balaban J connectivity index is 2.62. The van der Waals surface area contributed by atoms with Gasteiger partial charge in [0.2, 0.25) is 0 Å². The minimum Gasteiger partial charge on any atom is -0.491 e. The van der Waals surface area contributed by atoms with Gasteiger partial charge in [0.05, 0.1) is 12.3 Å². The van der Waals surface area contributed by atoms with Crippen molar-refractivity contribution >= 4 is 12.6 Å². The molecule has 0 saturated carbocycles. The van der Waals surface area contributed by atoms with E-state index in [1.807, 2.05) is 19.1 Å². The first-order valence-corrected chi connectivity index (χ1v) is 4.13. The van der Waals surface area contributed by atoms with E-state index in [-0.39, 0.29) is 0 Å². The van der Waals surface area contributed by atoms with E-state index in [4.69, 9.17) is 4.74 Å². The molecule has 0 N–H and O–H groups in total. The van der Waals surface area contributed by atoms with Crippen LogP contribution in [0.1, 0.15) is 5.69 Å². The lowest BCUT2D eigenvalue weighted by Crippen LogP contribution is -2.00. The molecule has 1 rings (SSSR count). The highest BCUT2D eigenvalue weighted by Gasteiger charge is 1.96. The number of rotatable bonds is 3. The van der Waals surface area contributed by atoms with Gasteiger partial charge in [0.25, 0.3) is 0 Å². The van der Waals surface area contributed by atoms with Crippen LogP contribution in [-0.4, -0.2) is 17.3 Å². The summed E-state index contributed by atoms with van der Waals surface area (Å²) in [5.74, 6) is 1.58. The van der Waals surface area contributed by atoms with E-state index in [1.165, 1.54) is 0 Å². The zero-order chi connectivity index (χ0) is 8.10. The van der Waals surface area contributed by atoms with Crippen LogP contribution in [0.15, 0.2) is 18.3 Å². The molecule has 3 heteroatoms. The van der Waals surface area contributed by atoms with E-state index in [9.17, 15) is 0 Å². The van der Waals surface area contributed by atoms with Gasteiger partial charge in [0, 0.05) is 11.9 Å². The Morgan fingerprint density at radius 3 is 3.09 bits per heavy atom. The van der Waals surface area contributed by atoms with Gasteiger partial charge in [0.1, 0.15) is 5.75 Å². The molecule has 0 aliphatic rings. The van der Waals surface area contributed by atoms with Crippen LogP contribution in [0.3, 0.4) is 0 Å². The predicted molar refractivity (Wildman–Crippen MR) is 48.3 cm³/mol. The van der Waals surface area contributed by atoms with Crippen molar-refractivity contribution in [1.82, 2.24) is 4.98 Å². The fourth-order valence-corrected chi connectivity index (χ4v) is 0.869. The molecule has 0 radical (unpaired) electrons. The van der Waals surface area contributed by atoms with Crippen LogP contribution >= 0.6 is 12.6 Å². The van der Waals surface area contributed by atoms with Crippen molar-refractivity contribution < 1.29 is 4.74 Å². The number of ether oxygens (including phenoxy) is 1. The number of aromatic nitrogens is 1. The summed E-state index contributed by atoms with van der Waals surface area (Å²) in [4.78, 5) is 4.08. The number of pyridine rings is 1. The van der Waals surface area contributed by atoms with Crippen molar-refractivity contribution in [2.45, 2.75) is 6.92 Å². The summed E-state index contributed by atoms with van der Waals surface area (Å²) in [5.41, 5.74) is 0.925. The van der Waals surface area contributed by atoms with Gasteiger partial charge in [-0.1, -0.05) is 0 Å². The third-order valence-electron chi connectivity index (χ3n) is 1.31. The van der Waals surface area contributed by atoms with Gasteiger partial charge in [-0.15, -0.1) is 0 Å². The standard InChI is InChI=1S/C8H11NOS/c1-7-8(10-5-6-11)3-2-4-9-7/h2-4,11H,5-6H2,1H3. The lowest BCUT2D eigenvalue weighted by molar-refractivity contribution is 0.340. The van der Waals surface area contributed by atoms with Gasteiger partial charge in [0.15, 0.2) is 0 Å². The highest BCUT2D eigenvalue weighted by molar-refractivity contribution is 7.80. The molecule has 0 spiro atoms. The topological polar surface area (TPSA) is 22.1 Å². The molecule has 0 unspecified atom stereocenters. The van der Waals surface area contributed by atoms with Crippen molar-refractivity contribution in [1.29, 1.82) is 0 Å². The van der Waals surface area contributed by atoms with Crippen LogP contribution in [0, 0.1) is 6.92 Å². The molecule has 0 fully saturated rings. The first-order valence-electron chi connectivity index (χ1n) is 3.50. The highest BCUT2D eigenvalue weighted by atomic mass is 32.1. The fraction of sp³-hybridized carbons (Fsp3) is 0.375. The zero-order valence-corrected chi connectivity index (χ0v) is 7.34. The van der Waals surface area contributed by atoms with Crippen LogP contribution < -0.4 is 4.74 Å². The number of aryl methyl sites for hydroxylation is 1. The van der Waals surface area contributed by atoms with E-state index in [2.05, 4.69) is 17.6 Å². The number of thiol groups is 1. The second kappa shape index (κ2) is 4.23. The fourth-order valence-electron chi connectivity index (χ4n) is 0.778. The monoisotopic (exact) mass is 169 g/mol. The minimum absolute atomic E-state index is 0.635. The molecule has 2 nitrogen and oxygen atoms in total. The third kappa shape index (κ3) is 2.42. The van der Waals surface area contributed by atoms with Gasteiger partial charge in [-0.05, 0) is 19.1 Å². The summed E-state index contributed by atoms with van der Waals surface area (Å²) >= 11 is 4.04. The molecule has 0 aliphatic heterocycles. The molecule has 0 amide bonds. The smallest absolute Gasteiger partial charge is 0.140 e. The molecule has 1 heterocycles. The van der Waals surface area contributed by atoms with Crippen LogP contribution in [0.5, 0.6) is 5.75 Å². The molecular formula is C8H11NOS. The van der Waals surface area contributed by atoms with Crippen LogP contribution in [-0.2, 0) is 0 Å². The van der Waals surface area contributed by atoms with Gasteiger partial charge in [-0.25, -0.2) is 0 Å². The quantitative estimate of drug-likeness (QED) is 0.696. The largest absolute Gasteiger partial charge is 0.491 e. The summed E-state index contributed by atoms with van der Waals surface area (Å²) in [6, 6.07) is 3.77. The molecule has 1 aromatic heterocycles. The lowest BCUT2D eigenvalue weighted by Gasteiger charge is -2.05. The zero-order valence-electron chi connectivity index (χ0n) is 6.45. The van der Waals surface area contributed by atoms with Crippen LogP contribution in [0.2, 0.25) is 0 Å². The summed E-state index contributed by atoms with van der Waals surface area (Å²) in [5, 5.41) is 0. The first-order chi connectivity index (χ1) is 5.34. The molecule has 0 aliphatic carbocycles. The maximum absolute atomic E-state index is 5.35. The van der Waals surface area contributed by atoms with Crippen molar-refractivity contribution in [2.24, 2.45) is 0 Å². The number of hydrogen-bond donors (Lipinski definition) is 1. The normalized spacial score (nSPS) is 9.64. The number of nitrogens with zero attached hydrogens (tertiary/aromatic N) is 1. The van der Waals surface area contributed by atoms with Crippen molar-refractivity contribution in [3.63, 3.8) is 0 Å². The van der Waals surface area contributed by atoms with E-state index in [0.29, 0.717) is 6.61 Å². The van der Waals surface area contributed by atoms with Gasteiger partial charge in [-0.2, -0.15) is 12.6 Å². The van der Waals surface area contributed by atoms with E-state index in [0.717, 1.165) is 17.2 Å². The lowest BCUT2D eigenvalue weighted by atomic mass is 10.3.